The Balaban J connectivity index is 1.77. The van der Waals surface area contributed by atoms with Gasteiger partial charge in [-0.2, -0.15) is 0 Å². The fourth-order valence-electron chi connectivity index (χ4n) is 3.03. The van der Waals surface area contributed by atoms with Crippen molar-refractivity contribution in [2.45, 2.75) is 32.6 Å². The normalized spacial score (nSPS) is 14.3. The molecule has 118 valence electrons. The van der Waals surface area contributed by atoms with Gasteiger partial charge in [-0.15, -0.1) is 0 Å². The highest BCUT2D eigenvalue weighted by molar-refractivity contribution is 5.78. The number of rotatable bonds is 4. The summed E-state index contributed by atoms with van der Waals surface area (Å²) in [6.45, 7) is 2.12. The van der Waals surface area contributed by atoms with E-state index >= 15 is 0 Å². The average molecular weight is 306 g/mol. The van der Waals surface area contributed by atoms with Gasteiger partial charge in [0.15, 0.2) is 0 Å². The second kappa shape index (κ2) is 6.74. The van der Waals surface area contributed by atoms with E-state index in [0.717, 1.165) is 36.8 Å². The minimum atomic E-state index is 0.300. The molecule has 0 aliphatic heterocycles. The minimum Gasteiger partial charge on any atom is -0.508 e. The lowest BCUT2D eigenvalue weighted by Gasteiger charge is -2.16. The van der Waals surface area contributed by atoms with Crippen molar-refractivity contribution in [2.24, 2.45) is 0 Å². The van der Waals surface area contributed by atoms with Gasteiger partial charge in [0.2, 0.25) is 0 Å². The molecule has 0 atom stereocenters. The molecule has 2 N–H and O–H groups in total. The van der Waals surface area contributed by atoms with E-state index in [1.54, 1.807) is 18.2 Å². The zero-order valence-corrected chi connectivity index (χ0v) is 13.4. The summed E-state index contributed by atoms with van der Waals surface area (Å²) < 4.78 is 0. The van der Waals surface area contributed by atoms with Crippen LogP contribution in [0, 0.1) is 0 Å². The Hall–Kier alpha value is -2.48. The van der Waals surface area contributed by atoms with Crippen LogP contribution in [0.2, 0.25) is 0 Å². The fourth-order valence-corrected chi connectivity index (χ4v) is 3.03. The van der Waals surface area contributed by atoms with Crippen LogP contribution in [0.15, 0.2) is 54.6 Å². The van der Waals surface area contributed by atoms with Crippen LogP contribution in [0.1, 0.15) is 42.9 Å². The van der Waals surface area contributed by atoms with Gasteiger partial charge >= 0.3 is 0 Å². The molecule has 1 aliphatic rings. The first-order chi connectivity index (χ1) is 11.2. The summed E-state index contributed by atoms with van der Waals surface area (Å²) in [5.74, 6) is 0.696. The predicted molar refractivity (Wildman–Crippen MR) is 95.4 cm³/mol. The molecule has 0 fully saturated rings. The van der Waals surface area contributed by atoms with Crippen LogP contribution in [-0.4, -0.2) is 10.2 Å². The van der Waals surface area contributed by atoms with Gasteiger partial charge < -0.3 is 10.2 Å². The van der Waals surface area contributed by atoms with Crippen molar-refractivity contribution < 1.29 is 10.2 Å². The number of phenols is 2. The van der Waals surface area contributed by atoms with Crippen LogP contribution in [0.25, 0.3) is 11.1 Å². The average Bonchev–Trinajstić information content (AvgIpc) is 2.58. The molecule has 0 bridgehead atoms. The zero-order chi connectivity index (χ0) is 16.2. The fraction of sp³-hybridized carbons (Fsp3) is 0.238. The number of aryl methyl sites for hydroxylation is 1. The van der Waals surface area contributed by atoms with Gasteiger partial charge in [0, 0.05) is 0 Å². The highest BCUT2D eigenvalue weighted by atomic mass is 16.3. The van der Waals surface area contributed by atoms with Crippen molar-refractivity contribution >= 4 is 11.1 Å². The molecule has 3 rings (SSSR count). The van der Waals surface area contributed by atoms with E-state index in [4.69, 9.17) is 0 Å². The minimum absolute atomic E-state index is 0.300. The number of phenolic OH excluding ortho intramolecular Hbond substituents is 2. The maximum Gasteiger partial charge on any atom is 0.118 e. The largest absolute Gasteiger partial charge is 0.508 e. The molecule has 0 radical (unpaired) electrons. The lowest BCUT2D eigenvalue weighted by molar-refractivity contribution is 0.467. The first-order valence-corrected chi connectivity index (χ1v) is 8.17. The Labute approximate surface area is 137 Å². The van der Waals surface area contributed by atoms with Gasteiger partial charge in [0.1, 0.15) is 11.5 Å². The molecule has 0 aromatic heterocycles. The lowest BCUT2D eigenvalue weighted by atomic mass is 9.90. The Kier molecular flexibility index (Phi) is 4.52. The van der Waals surface area contributed by atoms with E-state index in [1.165, 1.54) is 16.7 Å². The summed E-state index contributed by atoms with van der Waals surface area (Å²) in [6, 6.07) is 13.3. The number of hydrogen-bond donors (Lipinski definition) is 2. The smallest absolute Gasteiger partial charge is 0.118 e. The Bertz CT molecular complexity index is 752. The highest BCUT2D eigenvalue weighted by Crippen LogP contribution is 2.33. The van der Waals surface area contributed by atoms with E-state index in [1.807, 2.05) is 18.2 Å². The SMILES string of the molecule is CCCc1cc(C2=CCC(c3ccc(O)cc3)=CC2)ccc1O. The molecule has 2 aromatic rings. The first-order valence-electron chi connectivity index (χ1n) is 8.17. The zero-order valence-electron chi connectivity index (χ0n) is 13.4. The molecule has 23 heavy (non-hydrogen) atoms. The van der Waals surface area contributed by atoms with E-state index < -0.39 is 0 Å². The molecule has 0 amide bonds. The maximum atomic E-state index is 9.93. The Morgan fingerprint density at radius 1 is 0.826 bits per heavy atom. The monoisotopic (exact) mass is 306 g/mol. The van der Waals surface area contributed by atoms with Crippen LogP contribution in [-0.2, 0) is 6.42 Å². The summed E-state index contributed by atoms with van der Waals surface area (Å²) in [7, 11) is 0. The lowest BCUT2D eigenvalue weighted by Crippen LogP contribution is -1.94. The van der Waals surface area contributed by atoms with Gasteiger partial charge in [-0.25, -0.2) is 0 Å². The molecule has 0 spiro atoms. The Morgan fingerprint density at radius 2 is 1.43 bits per heavy atom. The second-order valence-electron chi connectivity index (χ2n) is 6.01. The molecule has 0 saturated carbocycles. The molecule has 2 heteroatoms. The number of benzene rings is 2. The van der Waals surface area contributed by atoms with Crippen molar-refractivity contribution in [3.8, 4) is 11.5 Å². The molecular weight excluding hydrogens is 284 g/mol. The standard InChI is InChI=1S/C21H22O2/c1-2-3-19-14-18(10-13-21(19)23)17-6-4-15(5-7-17)16-8-11-20(22)12-9-16/h4,7-14,22-23H,2-3,5-6H2,1H3. The van der Waals surface area contributed by atoms with Crippen LogP contribution < -0.4 is 0 Å². The molecule has 0 heterocycles. The predicted octanol–water partition coefficient (Wildman–Crippen LogP) is 5.31. The molecule has 2 nitrogen and oxygen atoms in total. The van der Waals surface area contributed by atoms with Crippen LogP contribution in [0.4, 0.5) is 0 Å². The number of hydrogen-bond acceptors (Lipinski definition) is 2. The van der Waals surface area contributed by atoms with Crippen molar-refractivity contribution in [1.82, 2.24) is 0 Å². The molecular formula is C21H22O2. The summed E-state index contributed by atoms with van der Waals surface area (Å²) in [6.07, 6.45) is 8.25. The first kappa shape index (κ1) is 15.4. The quantitative estimate of drug-likeness (QED) is 0.803. The molecule has 1 aliphatic carbocycles. The van der Waals surface area contributed by atoms with Crippen molar-refractivity contribution in [3.05, 3.63) is 71.3 Å². The number of allylic oxidation sites excluding steroid dienone is 4. The number of aromatic hydroxyl groups is 2. The molecule has 2 aromatic carbocycles. The van der Waals surface area contributed by atoms with E-state index in [2.05, 4.69) is 25.1 Å². The third-order valence-corrected chi connectivity index (χ3v) is 4.34. The van der Waals surface area contributed by atoms with E-state index in [-0.39, 0.29) is 0 Å². The van der Waals surface area contributed by atoms with Gasteiger partial charge in [0.25, 0.3) is 0 Å². The van der Waals surface area contributed by atoms with Gasteiger partial charge in [-0.3, -0.25) is 0 Å². The summed E-state index contributed by atoms with van der Waals surface area (Å²) in [4.78, 5) is 0. The third-order valence-electron chi connectivity index (χ3n) is 4.34. The van der Waals surface area contributed by atoms with Gasteiger partial charge in [0.05, 0.1) is 0 Å². The van der Waals surface area contributed by atoms with Gasteiger partial charge in [-0.1, -0.05) is 43.7 Å². The summed E-state index contributed by atoms with van der Waals surface area (Å²) in [5.41, 5.74) is 5.99. The van der Waals surface area contributed by atoms with Crippen molar-refractivity contribution in [1.29, 1.82) is 0 Å². The third kappa shape index (κ3) is 3.48. The van der Waals surface area contributed by atoms with Gasteiger partial charge in [-0.05, 0) is 71.4 Å². The topological polar surface area (TPSA) is 40.5 Å². The highest BCUT2D eigenvalue weighted by Gasteiger charge is 2.11. The second-order valence-corrected chi connectivity index (χ2v) is 6.01. The Morgan fingerprint density at radius 3 is 2.04 bits per heavy atom. The van der Waals surface area contributed by atoms with E-state index in [9.17, 15) is 10.2 Å². The summed E-state index contributed by atoms with van der Waals surface area (Å²) in [5, 5.41) is 19.3. The molecule has 0 saturated heterocycles. The van der Waals surface area contributed by atoms with Crippen LogP contribution in [0.5, 0.6) is 11.5 Å². The summed E-state index contributed by atoms with van der Waals surface area (Å²) >= 11 is 0. The van der Waals surface area contributed by atoms with Crippen molar-refractivity contribution in [3.63, 3.8) is 0 Å². The molecule has 0 unspecified atom stereocenters. The maximum absolute atomic E-state index is 9.93. The van der Waals surface area contributed by atoms with Crippen LogP contribution >= 0.6 is 0 Å². The van der Waals surface area contributed by atoms with Crippen molar-refractivity contribution in [2.75, 3.05) is 0 Å². The van der Waals surface area contributed by atoms with E-state index in [0.29, 0.717) is 11.5 Å². The van der Waals surface area contributed by atoms with Crippen LogP contribution in [0.3, 0.4) is 0 Å².